The van der Waals surface area contributed by atoms with Crippen LogP contribution in [0.1, 0.15) is 36.6 Å². The predicted molar refractivity (Wildman–Crippen MR) is 162 cm³/mol. The SMILES string of the molecule is CCOC(=O)C1=C(C)N=c2s/c(=C\c3cc(Br)ccc3OCc3cccc(Cl)c3)c(=O)n2[C@H]1c1ccccc1Cl. The van der Waals surface area contributed by atoms with Gasteiger partial charge in [0, 0.05) is 20.1 Å². The molecular formula is C30H23BrCl2N2O4S. The van der Waals surface area contributed by atoms with Crippen LogP contribution < -0.4 is 19.6 Å². The summed E-state index contributed by atoms with van der Waals surface area (Å²) < 4.78 is 14.2. The highest BCUT2D eigenvalue weighted by atomic mass is 79.9. The van der Waals surface area contributed by atoms with E-state index < -0.39 is 12.0 Å². The van der Waals surface area contributed by atoms with E-state index >= 15 is 0 Å². The lowest BCUT2D eigenvalue weighted by atomic mass is 9.96. The van der Waals surface area contributed by atoms with Gasteiger partial charge in [0.05, 0.1) is 22.4 Å². The zero-order chi connectivity index (χ0) is 28.4. The number of halogens is 3. The number of allylic oxidation sites excluding steroid dienone is 1. The van der Waals surface area contributed by atoms with E-state index in [0.29, 0.717) is 48.6 Å². The number of nitrogens with zero attached hydrogens (tertiary/aromatic N) is 2. The Morgan fingerprint density at radius 3 is 2.67 bits per heavy atom. The molecular weight excluding hydrogens is 635 g/mol. The normalized spacial score (nSPS) is 15.0. The Labute approximate surface area is 252 Å². The number of ether oxygens (including phenoxy) is 2. The Morgan fingerprint density at radius 2 is 1.93 bits per heavy atom. The molecule has 0 fully saturated rings. The molecule has 0 radical (unpaired) electrons. The van der Waals surface area contributed by atoms with Gasteiger partial charge in [-0.2, -0.15) is 0 Å². The molecule has 1 aromatic heterocycles. The van der Waals surface area contributed by atoms with Gasteiger partial charge >= 0.3 is 5.97 Å². The van der Waals surface area contributed by atoms with Gasteiger partial charge in [-0.15, -0.1) is 0 Å². The maximum Gasteiger partial charge on any atom is 0.338 e. The first-order chi connectivity index (χ1) is 19.3. The fraction of sp³-hybridized carbons (Fsp3) is 0.167. The summed E-state index contributed by atoms with van der Waals surface area (Å²) in [6, 6.07) is 19.4. The molecule has 2 heterocycles. The number of benzene rings is 3. The Kier molecular flexibility index (Phi) is 8.61. The van der Waals surface area contributed by atoms with Crippen molar-refractivity contribution in [3.05, 3.63) is 129 Å². The largest absolute Gasteiger partial charge is 0.488 e. The number of carbonyl (C=O) groups excluding carboxylic acids is 1. The van der Waals surface area contributed by atoms with Crippen LogP contribution in [0, 0.1) is 0 Å². The summed E-state index contributed by atoms with van der Waals surface area (Å²) in [7, 11) is 0. The lowest BCUT2D eigenvalue weighted by Crippen LogP contribution is -2.40. The second kappa shape index (κ2) is 12.1. The number of hydrogen-bond acceptors (Lipinski definition) is 6. The van der Waals surface area contributed by atoms with Gasteiger partial charge < -0.3 is 9.47 Å². The average Bonchev–Trinajstić information content (AvgIpc) is 3.22. The number of rotatable bonds is 7. The van der Waals surface area contributed by atoms with Crippen LogP contribution in [-0.2, 0) is 16.1 Å². The van der Waals surface area contributed by atoms with Crippen molar-refractivity contribution >= 4 is 62.5 Å². The van der Waals surface area contributed by atoms with Crippen molar-refractivity contribution in [1.82, 2.24) is 4.57 Å². The lowest BCUT2D eigenvalue weighted by molar-refractivity contribution is -0.139. The van der Waals surface area contributed by atoms with Gasteiger partial charge in [0.25, 0.3) is 5.56 Å². The molecule has 0 unspecified atom stereocenters. The third kappa shape index (κ3) is 5.81. The topological polar surface area (TPSA) is 69.9 Å². The molecule has 4 aromatic rings. The molecule has 6 nitrogen and oxygen atoms in total. The van der Waals surface area contributed by atoms with E-state index in [-0.39, 0.29) is 17.7 Å². The number of fused-ring (bicyclic) bond motifs is 1. The number of aromatic nitrogens is 1. The summed E-state index contributed by atoms with van der Waals surface area (Å²) >= 11 is 17.5. The predicted octanol–water partition coefficient (Wildman–Crippen LogP) is 6.45. The zero-order valence-electron chi connectivity index (χ0n) is 21.5. The van der Waals surface area contributed by atoms with Gasteiger partial charge in [0.1, 0.15) is 18.4 Å². The summed E-state index contributed by atoms with van der Waals surface area (Å²) in [6.45, 7) is 3.97. The first kappa shape index (κ1) is 28.4. The van der Waals surface area contributed by atoms with E-state index in [2.05, 4.69) is 20.9 Å². The van der Waals surface area contributed by atoms with Crippen LogP contribution in [0.15, 0.2) is 92.3 Å². The van der Waals surface area contributed by atoms with Gasteiger partial charge in [0.15, 0.2) is 4.80 Å². The maximum absolute atomic E-state index is 14.0. The quantitative estimate of drug-likeness (QED) is 0.214. The van der Waals surface area contributed by atoms with E-state index in [1.807, 2.05) is 42.5 Å². The number of carbonyl (C=O) groups is 1. The highest BCUT2D eigenvalue weighted by Gasteiger charge is 2.34. The van der Waals surface area contributed by atoms with Crippen molar-refractivity contribution in [2.24, 2.45) is 4.99 Å². The molecule has 40 heavy (non-hydrogen) atoms. The average molecular weight is 658 g/mol. The Morgan fingerprint density at radius 1 is 1.12 bits per heavy atom. The van der Waals surface area contributed by atoms with Crippen molar-refractivity contribution in [3.8, 4) is 5.75 Å². The summed E-state index contributed by atoms with van der Waals surface area (Å²) in [4.78, 5) is 32.1. The Hall–Kier alpha value is -3.17. The maximum atomic E-state index is 14.0. The van der Waals surface area contributed by atoms with Gasteiger partial charge in [-0.3, -0.25) is 9.36 Å². The molecule has 0 bridgehead atoms. The van der Waals surface area contributed by atoms with Crippen molar-refractivity contribution in [2.75, 3.05) is 6.61 Å². The molecule has 1 aliphatic rings. The molecule has 0 aliphatic carbocycles. The fourth-order valence-corrected chi connectivity index (χ4v) is 6.34. The molecule has 204 valence electrons. The van der Waals surface area contributed by atoms with E-state index in [4.69, 9.17) is 32.7 Å². The Balaban J connectivity index is 1.63. The number of thiazole rings is 1. The second-order valence-corrected chi connectivity index (χ2v) is 11.7. The molecule has 0 spiro atoms. The van der Waals surface area contributed by atoms with Crippen LogP contribution in [-0.4, -0.2) is 17.1 Å². The minimum absolute atomic E-state index is 0.191. The lowest BCUT2D eigenvalue weighted by Gasteiger charge is -2.25. The second-order valence-electron chi connectivity index (χ2n) is 8.92. The van der Waals surface area contributed by atoms with Gasteiger partial charge in [-0.1, -0.05) is 80.8 Å². The molecule has 0 saturated heterocycles. The van der Waals surface area contributed by atoms with Crippen LogP contribution in [0.2, 0.25) is 10.0 Å². The first-order valence-corrected chi connectivity index (χ1v) is 14.7. The standard InChI is InChI=1S/C30H23BrCl2N2O4S/c1-3-38-29(37)26-17(2)34-30-35(27(26)22-9-4-5-10-23(22)33)28(36)25(40-30)15-19-14-20(31)11-12-24(19)39-16-18-7-6-8-21(32)13-18/h4-15,27H,3,16H2,1-2H3/b25-15-/t27-/m0/s1. The summed E-state index contributed by atoms with van der Waals surface area (Å²) in [6.07, 6.45) is 1.77. The highest BCUT2D eigenvalue weighted by molar-refractivity contribution is 9.10. The zero-order valence-corrected chi connectivity index (χ0v) is 25.4. The van der Waals surface area contributed by atoms with Crippen LogP contribution in [0.3, 0.4) is 0 Å². The number of esters is 1. The molecule has 10 heteroatoms. The smallest absolute Gasteiger partial charge is 0.338 e. The van der Waals surface area contributed by atoms with Crippen molar-refractivity contribution in [3.63, 3.8) is 0 Å². The minimum atomic E-state index is -0.785. The van der Waals surface area contributed by atoms with Crippen LogP contribution >= 0.6 is 50.5 Å². The Bertz CT molecular complexity index is 1830. The van der Waals surface area contributed by atoms with Crippen molar-refractivity contribution in [1.29, 1.82) is 0 Å². The van der Waals surface area contributed by atoms with Crippen LogP contribution in [0.25, 0.3) is 6.08 Å². The molecule has 0 amide bonds. The molecule has 0 saturated carbocycles. The third-order valence-electron chi connectivity index (χ3n) is 6.26. The minimum Gasteiger partial charge on any atom is -0.488 e. The summed E-state index contributed by atoms with van der Waals surface area (Å²) in [5, 5.41) is 1.06. The van der Waals surface area contributed by atoms with E-state index in [9.17, 15) is 9.59 Å². The molecule has 0 N–H and O–H groups in total. The van der Waals surface area contributed by atoms with E-state index in [1.165, 1.54) is 15.9 Å². The van der Waals surface area contributed by atoms with Crippen LogP contribution in [0.5, 0.6) is 5.75 Å². The molecule has 5 rings (SSSR count). The van der Waals surface area contributed by atoms with Crippen molar-refractivity contribution < 1.29 is 14.3 Å². The molecule has 1 aliphatic heterocycles. The molecule has 1 atom stereocenters. The van der Waals surface area contributed by atoms with Crippen molar-refractivity contribution in [2.45, 2.75) is 26.5 Å². The van der Waals surface area contributed by atoms with Gasteiger partial charge in [0.2, 0.25) is 0 Å². The van der Waals surface area contributed by atoms with E-state index in [1.54, 1.807) is 44.2 Å². The summed E-state index contributed by atoms with van der Waals surface area (Å²) in [5.74, 6) is 0.0618. The fourth-order valence-electron chi connectivity index (χ4n) is 4.48. The van der Waals surface area contributed by atoms with Gasteiger partial charge in [-0.05, 0) is 67.4 Å². The third-order valence-corrected chi connectivity index (χ3v) is 8.31. The highest BCUT2D eigenvalue weighted by Crippen LogP contribution is 2.34. The monoisotopic (exact) mass is 656 g/mol. The van der Waals surface area contributed by atoms with Gasteiger partial charge in [-0.25, -0.2) is 9.79 Å². The van der Waals surface area contributed by atoms with Crippen LogP contribution in [0.4, 0.5) is 0 Å². The first-order valence-electron chi connectivity index (χ1n) is 12.4. The molecule has 3 aromatic carbocycles. The van der Waals surface area contributed by atoms with E-state index in [0.717, 1.165) is 10.0 Å². The number of hydrogen-bond donors (Lipinski definition) is 0. The summed E-state index contributed by atoms with van der Waals surface area (Å²) in [5.41, 5.74) is 2.69.